The van der Waals surface area contributed by atoms with Crippen molar-refractivity contribution >= 4 is 17.3 Å². The standard InChI is InChI=1S/C29H29F7N6O3/c1-4-15-11-40-27(44)20-25(39-10-14-5-6-19(43)42(3)12-14)23(31)24(41-28(20)45-18(26(32)33)7-8-38-15)16-9-17(37)22(30)13(2)21(16)29(34,35)36/h4-6,9,12,18,26,38H,7-8,10-11,37H2,1-3H3,(H,39,41)(H,40,44)/b15-4-/t18-/m1/s1. The largest absolute Gasteiger partial charge is 0.468 e. The summed E-state index contributed by atoms with van der Waals surface area (Å²) in [7, 11) is 1.44. The van der Waals surface area contributed by atoms with Gasteiger partial charge >= 0.3 is 6.18 Å². The van der Waals surface area contributed by atoms with Gasteiger partial charge in [-0.15, -0.1) is 0 Å². The second-order valence-electron chi connectivity index (χ2n) is 10.2. The first-order chi connectivity index (χ1) is 21.1. The number of amides is 1. The van der Waals surface area contributed by atoms with Crippen LogP contribution in [0.15, 0.2) is 41.0 Å². The number of hydrogen-bond donors (Lipinski definition) is 4. The number of aromatic nitrogens is 2. The maximum absolute atomic E-state index is 16.5. The Hall–Kier alpha value is -4.76. The van der Waals surface area contributed by atoms with Crippen molar-refractivity contribution in [3.8, 4) is 17.1 Å². The molecule has 0 saturated carbocycles. The van der Waals surface area contributed by atoms with Gasteiger partial charge in [0.1, 0.15) is 17.1 Å². The monoisotopic (exact) mass is 642 g/mol. The molecule has 0 spiro atoms. The van der Waals surface area contributed by atoms with E-state index in [0.717, 1.165) is 6.92 Å². The van der Waals surface area contributed by atoms with E-state index in [-0.39, 0.29) is 31.6 Å². The summed E-state index contributed by atoms with van der Waals surface area (Å²) in [4.78, 5) is 29.2. The Kier molecular flexibility index (Phi) is 9.63. The predicted octanol–water partition coefficient (Wildman–Crippen LogP) is 4.89. The second kappa shape index (κ2) is 13.1. The van der Waals surface area contributed by atoms with Gasteiger partial charge in [-0.25, -0.2) is 22.5 Å². The number of nitrogen functional groups attached to an aromatic ring is 1. The molecule has 3 aromatic rings. The maximum Gasteiger partial charge on any atom is 0.417 e. The summed E-state index contributed by atoms with van der Waals surface area (Å²) in [5, 5.41) is 8.02. The molecule has 4 rings (SSSR count). The maximum atomic E-state index is 16.5. The summed E-state index contributed by atoms with van der Waals surface area (Å²) in [5.41, 5.74) is -0.780. The Balaban J connectivity index is 2.04. The van der Waals surface area contributed by atoms with E-state index in [4.69, 9.17) is 10.5 Å². The molecular weight excluding hydrogens is 613 g/mol. The molecule has 1 atom stereocenters. The van der Waals surface area contributed by atoms with Crippen LogP contribution in [0.5, 0.6) is 5.88 Å². The fourth-order valence-electron chi connectivity index (χ4n) is 4.78. The summed E-state index contributed by atoms with van der Waals surface area (Å²) < 4.78 is 109. The normalized spacial score (nSPS) is 16.8. The van der Waals surface area contributed by atoms with Crippen LogP contribution in [-0.4, -0.2) is 41.1 Å². The third-order valence-electron chi connectivity index (χ3n) is 7.13. The van der Waals surface area contributed by atoms with Crippen LogP contribution in [0.3, 0.4) is 0 Å². The lowest BCUT2D eigenvalue weighted by Gasteiger charge is -2.23. The molecule has 0 fully saturated rings. The summed E-state index contributed by atoms with van der Waals surface area (Å²) in [5.74, 6) is -4.83. The molecule has 45 heavy (non-hydrogen) atoms. The lowest BCUT2D eigenvalue weighted by Crippen LogP contribution is -2.31. The molecule has 1 aliphatic rings. The Morgan fingerprint density at radius 1 is 1.20 bits per heavy atom. The third kappa shape index (κ3) is 6.99. The van der Waals surface area contributed by atoms with Gasteiger partial charge in [0.2, 0.25) is 11.4 Å². The van der Waals surface area contributed by atoms with E-state index in [0.29, 0.717) is 17.3 Å². The molecular formula is C29H29F7N6O3. The number of halogens is 7. The Labute approximate surface area is 252 Å². The third-order valence-corrected chi connectivity index (χ3v) is 7.13. The first kappa shape index (κ1) is 33.1. The summed E-state index contributed by atoms with van der Waals surface area (Å²) in [6.45, 7) is 1.94. The van der Waals surface area contributed by atoms with Crippen LogP contribution in [0.1, 0.15) is 40.4 Å². The number of anilines is 2. The lowest BCUT2D eigenvalue weighted by molar-refractivity contribution is -0.137. The van der Waals surface area contributed by atoms with E-state index in [1.807, 2.05) is 0 Å². The second-order valence-corrected chi connectivity index (χ2v) is 10.2. The highest BCUT2D eigenvalue weighted by atomic mass is 19.4. The van der Waals surface area contributed by atoms with Gasteiger partial charge in [-0.1, -0.05) is 12.1 Å². The lowest BCUT2D eigenvalue weighted by atomic mass is 9.95. The van der Waals surface area contributed by atoms with Gasteiger partial charge in [-0.3, -0.25) is 9.59 Å². The molecule has 0 bridgehead atoms. The zero-order valence-corrected chi connectivity index (χ0v) is 24.2. The Morgan fingerprint density at radius 3 is 2.53 bits per heavy atom. The van der Waals surface area contributed by atoms with Crippen LogP contribution in [-0.2, 0) is 19.8 Å². The Bertz CT molecular complexity index is 1710. The minimum Gasteiger partial charge on any atom is -0.468 e. The minimum atomic E-state index is -5.24. The number of alkyl halides is 5. The highest BCUT2D eigenvalue weighted by Gasteiger charge is 2.40. The molecule has 0 saturated heterocycles. The van der Waals surface area contributed by atoms with Gasteiger partial charge in [0.25, 0.3) is 12.3 Å². The highest BCUT2D eigenvalue weighted by Crippen LogP contribution is 2.44. The van der Waals surface area contributed by atoms with Crippen LogP contribution in [0, 0.1) is 18.6 Å². The number of carbonyl (C=O) groups excluding carboxylic acids is 1. The van der Waals surface area contributed by atoms with Crippen LogP contribution in [0.4, 0.5) is 42.1 Å². The van der Waals surface area contributed by atoms with Gasteiger partial charge < -0.3 is 31.0 Å². The molecule has 9 nitrogen and oxygen atoms in total. The number of nitrogens with one attached hydrogen (secondary N) is 3. The number of rotatable bonds is 5. The molecule has 242 valence electrons. The zero-order valence-electron chi connectivity index (χ0n) is 24.2. The van der Waals surface area contributed by atoms with Gasteiger partial charge in [0, 0.05) is 50.1 Å². The molecule has 1 aliphatic heterocycles. The summed E-state index contributed by atoms with van der Waals surface area (Å²) in [6, 6.07) is 3.12. The number of pyridine rings is 2. The average molecular weight is 643 g/mol. The number of carbonyl (C=O) groups is 1. The van der Waals surface area contributed by atoms with Crippen molar-refractivity contribution in [2.75, 3.05) is 24.1 Å². The van der Waals surface area contributed by atoms with Crippen LogP contribution >= 0.6 is 0 Å². The highest BCUT2D eigenvalue weighted by molar-refractivity contribution is 6.03. The molecule has 0 unspecified atom stereocenters. The van der Waals surface area contributed by atoms with Gasteiger partial charge in [0.15, 0.2) is 11.9 Å². The van der Waals surface area contributed by atoms with Crippen LogP contribution < -0.4 is 32.0 Å². The topological polar surface area (TPSA) is 123 Å². The van der Waals surface area contributed by atoms with E-state index < -0.39 is 81.4 Å². The molecule has 16 heteroatoms. The smallest absolute Gasteiger partial charge is 0.417 e. The minimum absolute atomic E-state index is 0.0440. The fourth-order valence-corrected chi connectivity index (χ4v) is 4.78. The molecule has 1 amide bonds. The first-order valence-corrected chi connectivity index (χ1v) is 13.5. The number of ether oxygens (including phenoxy) is 1. The van der Waals surface area contributed by atoms with Crippen molar-refractivity contribution in [1.82, 2.24) is 20.2 Å². The summed E-state index contributed by atoms with van der Waals surface area (Å²) >= 11 is 0. The Morgan fingerprint density at radius 2 is 1.91 bits per heavy atom. The van der Waals surface area contributed by atoms with E-state index in [1.165, 1.54) is 29.9 Å². The number of aryl methyl sites for hydroxylation is 1. The molecule has 3 heterocycles. The fraction of sp³-hybridized carbons (Fsp3) is 0.345. The van der Waals surface area contributed by atoms with Crippen molar-refractivity contribution in [2.24, 2.45) is 7.05 Å². The van der Waals surface area contributed by atoms with Crippen molar-refractivity contribution < 1.29 is 40.3 Å². The number of nitrogens with two attached hydrogens (primary N) is 1. The molecule has 5 N–H and O–H groups in total. The molecule has 2 aromatic heterocycles. The van der Waals surface area contributed by atoms with Crippen molar-refractivity contribution in [2.45, 2.75) is 45.5 Å². The number of allylic oxidation sites excluding steroid dienone is 1. The van der Waals surface area contributed by atoms with Crippen LogP contribution in [0.2, 0.25) is 0 Å². The van der Waals surface area contributed by atoms with Crippen molar-refractivity contribution in [3.05, 3.63) is 80.4 Å². The van der Waals surface area contributed by atoms with E-state index in [2.05, 4.69) is 20.9 Å². The van der Waals surface area contributed by atoms with Crippen LogP contribution in [0.25, 0.3) is 11.3 Å². The quantitative estimate of drug-likeness (QED) is 0.231. The number of hydrogen-bond acceptors (Lipinski definition) is 7. The number of fused-ring (bicyclic) bond motifs is 1. The predicted molar refractivity (Wildman–Crippen MR) is 152 cm³/mol. The molecule has 1 aromatic carbocycles. The van der Waals surface area contributed by atoms with Gasteiger partial charge in [-0.05, 0) is 31.0 Å². The summed E-state index contributed by atoms with van der Waals surface area (Å²) in [6.07, 6.45) is -7.68. The van der Waals surface area contributed by atoms with Gasteiger partial charge in [0.05, 0.1) is 23.5 Å². The van der Waals surface area contributed by atoms with Crippen molar-refractivity contribution in [1.29, 1.82) is 0 Å². The van der Waals surface area contributed by atoms with Crippen molar-refractivity contribution in [3.63, 3.8) is 0 Å². The average Bonchev–Trinajstić information content (AvgIpc) is 2.99. The molecule has 0 aliphatic carbocycles. The van der Waals surface area contributed by atoms with E-state index >= 15 is 4.39 Å². The SMILES string of the molecule is C/C=C1/CNC(=O)c2c(nc(-c3cc(N)c(F)c(C)c3C(F)(F)F)c(F)c2NCc2ccc(=O)n(C)c2)O[C@@H](C(F)F)CCN1. The zero-order chi connectivity index (χ0) is 33.2. The first-order valence-electron chi connectivity index (χ1n) is 13.5. The van der Waals surface area contributed by atoms with Gasteiger partial charge in [-0.2, -0.15) is 13.2 Å². The number of nitrogens with zero attached hydrogens (tertiary/aromatic N) is 2. The number of benzene rings is 1. The van der Waals surface area contributed by atoms with E-state index in [1.54, 1.807) is 13.0 Å². The molecule has 0 radical (unpaired) electrons. The van der Waals surface area contributed by atoms with E-state index in [9.17, 15) is 35.9 Å².